The molecule has 66 valence electrons. The first-order valence-electron chi connectivity index (χ1n) is 3.44. The Kier molecular flexibility index (Phi) is 3.13. The van der Waals surface area contributed by atoms with Crippen LogP contribution in [0.5, 0.6) is 0 Å². The maximum Gasteiger partial charge on any atom is 0.159 e. The molecule has 2 nitrogen and oxygen atoms in total. The fourth-order valence-corrected chi connectivity index (χ4v) is 0.805. The lowest BCUT2D eigenvalue weighted by Gasteiger charge is -2.01. The molecule has 1 rings (SSSR count). The molecule has 0 aliphatic heterocycles. The predicted molar refractivity (Wildman–Crippen MR) is 40.2 cm³/mol. The summed E-state index contributed by atoms with van der Waals surface area (Å²) < 4.78 is 25.0. The van der Waals surface area contributed by atoms with Crippen LogP contribution in [0.25, 0.3) is 0 Å². The van der Waals surface area contributed by atoms with E-state index in [1.807, 2.05) is 0 Å². The Morgan fingerprint density at radius 2 is 2.08 bits per heavy atom. The number of hydroxylamine groups is 1. The Balaban J connectivity index is 2.69. The summed E-state index contributed by atoms with van der Waals surface area (Å²) in [6.07, 6.45) is 0. The molecule has 1 N–H and O–H groups in total. The predicted octanol–water partition coefficient (Wildman–Crippen LogP) is 1.62. The Morgan fingerprint density at radius 1 is 1.33 bits per heavy atom. The van der Waals surface area contributed by atoms with Crippen molar-refractivity contribution < 1.29 is 13.6 Å². The monoisotopic (exact) mass is 173 g/mol. The summed E-state index contributed by atoms with van der Waals surface area (Å²) in [6.45, 7) is 0.355. The first-order valence-corrected chi connectivity index (χ1v) is 3.44. The molecule has 0 spiro atoms. The van der Waals surface area contributed by atoms with E-state index in [1.165, 1.54) is 13.2 Å². The normalized spacial score (nSPS) is 10.2. The van der Waals surface area contributed by atoms with Crippen LogP contribution in [0.3, 0.4) is 0 Å². The second-order valence-electron chi connectivity index (χ2n) is 2.27. The van der Waals surface area contributed by atoms with Crippen LogP contribution in [0.2, 0.25) is 0 Å². The Hall–Kier alpha value is -1.00. The van der Waals surface area contributed by atoms with E-state index >= 15 is 0 Å². The summed E-state index contributed by atoms with van der Waals surface area (Å²) in [5.41, 5.74) is 3.16. The highest BCUT2D eigenvalue weighted by atomic mass is 19.2. The number of halogens is 2. The van der Waals surface area contributed by atoms with Gasteiger partial charge in [-0.05, 0) is 17.7 Å². The third kappa shape index (κ3) is 2.25. The summed E-state index contributed by atoms with van der Waals surface area (Å²) in [5.74, 6) is -1.68. The zero-order chi connectivity index (χ0) is 8.97. The molecule has 0 fully saturated rings. The summed E-state index contributed by atoms with van der Waals surface area (Å²) in [6, 6.07) is 3.70. The highest BCUT2D eigenvalue weighted by molar-refractivity contribution is 5.17. The quantitative estimate of drug-likeness (QED) is 0.701. The van der Waals surface area contributed by atoms with Gasteiger partial charge in [0, 0.05) is 6.54 Å². The van der Waals surface area contributed by atoms with Crippen molar-refractivity contribution in [2.45, 2.75) is 6.54 Å². The lowest BCUT2D eigenvalue weighted by Crippen LogP contribution is -2.10. The number of hydrogen-bond acceptors (Lipinski definition) is 2. The summed E-state index contributed by atoms with van der Waals surface area (Å²) in [5, 5.41) is 0. The molecule has 0 unspecified atom stereocenters. The smallest absolute Gasteiger partial charge is 0.159 e. The fourth-order valence-electron chi connectivity index (χ4n) is 0.805. The van der Waals surface area contributed by atoms with Crippen LogP contribution in [-0.4, -0.2) is 7.11 Å². The van der Waals surface area contributed by atoms with Crippen LogP contribution in [0.15, 0.2) is 18.2 Å². The van der Waals surface area contributed by atoms with Crippen molar-refractivity contribution in [1.29, 1.82) is 0 Å². The molecule has 0 aromatic heterocycles. The lowest BCUT2D eigenvalue weighted by molar-refractivity contribution is 0.0866. The van der Waals surface area contributed by atoms with Gasteiger partial charge in [0.1, 0.15) is 0 Å². The first kappa shape index (κ1) is 9.09. The maximum atomic E-state index is 12.6. The van der Waals surface area contributed by atoms with Gasteiger partial charge in [-0.25, -0.2) is 8.78 Å². The van der Waals surface area contributed by atoms with Crippen LogP contribution in [0.1, 0.15) is 5.56 Å². The van der Waals surface area contributed by atoms with E-state index in [4.69, 9.17) is 0 Å². The van der Waals surface area contributed by atoms with Gasteiger partial charge in [-0.1, -0.05) is 6.07 Å². The standard InChI is InChI=1S/C8H9F2NO/c1-12-11-5-6-2-3-7(9)8(10)4-6/h2-4,11H,5H2,1H3. The topological polar surface area (TPSA) is 21.3 Å². The van der Waals surface area contributed by atoms with Gasteiger partial charge in [0.2, 0.25) is 0 Å². The van der Waals surface area contributed by atoms with E-state index in [9.17, 15) is 8.78 Å². The minimum Gasteiger partial charge on any atom is -0.305 e. The van der Waals surface area contributed by atoms with Crippen molar-refractivity contribution in [2.75, 3.05) is 7.11 Å². The van der Waals surface area contributed by atoms with E-state index in [2.05, 4.69) is 10.3 Å². The van der Waals surface area contributed by atoms with E-state index in [-0.39, 0.29) is 0 Å². The van der Waals surface area contributed by atoms with Gasteiger partial charge < -0.3 is 4.84 Å². The summed E-state index contributed by atoms with van der Waals surface area (Å²) >= 11 is 0. The van der Waals surface area contributed by atoms with Gasteiger partial charge in [0.15, 0.2) is 11.6 Å². The zero-order valence-electron chi connectivity index (χ0n) is 6.60. The van der Waals surface area contributed by atoms with Crippen molar-refractivity contribution in [3.8, 4) is 0 Å². The molecule has 0 saturated heterocycles. The average molecular weight is 173 g/mol. The van der Waals surface area contributed by atoms with Crippen LogP contribution in [0.4, 0.5) is 8.78 Å². The molecular formula is C8H9F2NO. The van der Waals surface area contributed by atoms with Crippen LogP contribution >= 0.6 is 0 Å². The maximum absolute atomic E-state index is 12.6. The zero-order valence-corrected chi connectivity index (χ0v) is 6.60. The van der Waals surface area contributed by atoms with E-state index < -0.39 is 11.6 Å². The minimum atomic E-state index is -0.842. The van der Waals surface area contributed by atoms with Gasteiger partial charge in [-0.15, -0.1) is 0 Å². The van der Waals surface area contributed by atoms with Gasteiger partial charge >= 0.3 is 0 Å². The van der Waals surface area contributed by atoms with E-state index in [0.29, 0.717) is 12.1 Å². The summed E-state index contributed by atoms with van der Waals surface area (Å²) in [4.78, 5) is 4.55. The molecular weight excluding hydrogens is 164 g/mol. The lowest BCUT2D eigenvalue weighted by atomic mass is 10.2. The summed E-state index contributed by atoms with van der Waals surface area (Å²) in [7, 11) is 1.46. The molecule has 0 bridgehead atoms. The molecule has 0 aliphatic carbocycles. The molecule has 12 heavy (non-hydrogen) atoms. The van der Waals surface area contributed by atoms with Crippen molar-refractivity contribution in [3.63, 3.8) is 0 Å². The van der Waals surface area contributed by atoms with Crippen molar-refractivity contribution in [2.24, 2.45) is 0 Å². The molecule has 0 amide bonds. The molecule has 0 saturated carbocycles. The van der Waals surface area contributed by atoms with Gasteiger partial charge in [0.05, 0.1) is 7.11 Å². The van der Waals surface area contributed by atoms with Crippen LogP contribution in [0, 0.1) is 11.6 Å². The Morgan fingerprint density at radius 3 is 2.67 bits per heavy atom. The van der Waals surface area contributed by atoms with E-state index in [0.717, 1.165) is 12.1 Å². The third-order valence-electron chi connectivity index (χ3n) is 1.40. The fraction of sp³-hybridized carbons (Fsp3) is 0.250. The van der Waals surface area contributed by atoms with E-state index in [1.54, 1.807) is 0 Å². The molecule has 1 aromatic carbocycles. The average Bonchev–Trinajstić information content (AvgIpc) is 2.07. The molecule has 0 heterocycles. The SMILES string of the molecule is CONCc1ccc(F)c(F)c1. The van der Waals surface area contributed by atoms with Crippen LogP contribution < -0.4 is 5.48 Å². The molecule has 0 atom stereocenters. The number of nitrogens with one attached hydrogen (secondary N) is 1. The molecule has 4 heteroatoms. The molecule has 0 aliphatic rings. The number of rotatable bonds is 3. The first-order chi connectivity index (χ1) is 5.74. The van der Waals surface area contributed by atoms with Gasteiger partial charge in [0.25, 0.3) is 0 Å². The Bertz CT molecular complexity index is 265. The number of hydrogen-bond donors (Lipinski definition) is 1. The molecule has 1 aromatic rings. The van der Waals surface area contributed by atoms with Crippen molar-refractivity contribution in [1.82, 2.24) is 5.48 Å². The van der Waals surface area contributed by atoms with Gasteiger partial charge in [-0.2, -0.15) is 5.48 Å². The second-order valence-corrected chi connectivity index (χ2v) is 2.27. The Labute approximate surface area is 69.1 Å². The van der Waals surface area contributed by atoms with Crippen LogP contribution in [-0.2, 0) is 11.4 Å². The van der Waals surface area contributed by atoms with Crippen molar-refractivity contribution in [3.05, 3.63) is 35.4 Å². The van der Waals surface area contributed by atoms with Crippen molar-refractivity contribution >= 4 is 0 Å². The highest BCUT2D eigenvalue weighted by Crippen LogP contribution is 2.07. The van der Waals surface area contributed by atoms with Gasteiger partial charge in [-0.3, -0.25) is 0 Å². The number of benzene rings is 1. The highest BCUT2D eigenvalue weighted by Gasteiger charge is 2.01. The third-order valence-corrected chi connectivity index (χ3v) is 1.40. The second kappa shape index (κ2) is 4.13. The largest absolute Gasteiger partial charge is 0.305 e. The molecule has 0 radical (unpaired) electrons. The minimum absolute atomic E-state index is 0.355.